The Hall–Kier alpha value is -2.88. The first kappa shape index (κ1) is 15.0. The summed E-state index contributed by atoms with van der Waals surface area (Å²) in [4.78, 5) is 16.6. The molecule has 0 bridgehead atoms. The van der Waals surface area contributed by atoms with Gasteiger partial charge in [0.2, 0.25) is 0 Å². The van der Waals surface area contributed by atoms with Gasteiger partial charge in [0, 0.05) is 5.56 Å². The Morgan fingerprint density at radius 3 is 2.78 bits per heavy atom. The molecule has 0 atom stereocenters. The van der Waals surface area contributed by atoms with Crippen LogP contribution in [0.5, 0.6) is 5.75 Å². The lowest BCUT2D eigenvalue weighted by Crippen LogP contribution is -2.25. The van der Waals surface area contributed by atoms with E-state index in [1.165, 1.54) is 0 Å². The second-order valence-electron chi connectivity index (χ2n) is 5.26. The van der Waals surface area contributed by atoms with Gasteiger partial charge in [0.25, 0.3) is 5.91 Å². The molecule has 4 nitrogen and oxygen atoms in total. The predicted octanol–water partition coefficient (Wildman–Crippen LogP) is 3.31. The standard InChI is InChI=1S/C19H18N2O2/c1-3-23-15-9-6-8-14(11-15)12-17-19(22)21-18(20-17)16-10-5-4-7-13(16)2/h4-12H,3H2,1-2H3,(H,20,21,22)/b17-12+. The van der Waals surface area contributed by atoms with E-state index in [0.717, 1.165) is 22.4 Å². The topological polar surface area (TPSA) is 50.7 Å². The van der Waals surface area contributed by atoms with E-state index in [-0.39, 0.29) is 5.91 Å². The zero-order chi connectivity index (χ0) is 16.2. The first-order valence-electron chi connectivity index (χ1n) is 7.58. The second-order valence-corrected chi connectivity index (χ2v) is 5.26. The molecule has 0 unspecified atom stereocenters. The minimum absolute atomic E-state index is 0.190. The van der Waals surface area contributed by atoms with Crippen molar-refractivity contribution in [2.75, 3.05) is 6.61 Å². The zero-order valence-corrected chi connectivity index (χ0v) is 13.2. The molecule has 1 aliphatic heterocycles. The third kappa shape index (κ3) is 3.31. The lowest BCUT2D eigenvalue weighted by atomic mass is 10.1. The summed E-state index contributed by atoms with van der Waals surface area (Å²) in [6.45, 7) is 4.54. The molecule has 0 radical (unpaired) electrons. The summed E-state index contributed by atoms with van der Waals surface area (Å²) >= 11 is 0. The van der Waals surface area contributed by atoms with Crippen LogP contribution in [0.4, 0.5) is 0 Å². The Kier molecular flexibility index (Phi) is 4.24. The molecular weight excluding hydrogens is 288 g/mol. The molecule has 2 aromatic carbocycles. The lowest BCUT2D eigenvalue weighted by Gasteiger charge is -2.03. The molecule has 0 aliphatic carbocycles. The van der Waals surface area contributed by atoms with E-state index in [4.69, 9.17) is 4.74 Å². The summed E-state index contributed by atoms with van der Waals surface area (Å²) in [7, 11) is 0. The fourth-order valence-corrected chi connectivity index (χ4v) is 2.45. The van der Waals surface area contributed by atoms with Crippen molar-refractivity contribution in [2.24, 2.45) is 4.99 Å². The fraction of sp³-hybridized carbons (Fsp3) is 0.158. The highest BCUT2D eigenvalue weighted by atomic mass is 16.5. The molecule has 23 heavy (non-hydrogen) atoms. The van der Waals surface area contributed by atoms with E-state index < -0.39 is 0 Å². The van der Waals surface area contributed by atoms with E-state index in [2.05, 4.69) is 10.3 Å². The summed E-state index contributed by atoms with van der Waals surface area (Å²) in [5.74, 6) is 1.19. The molecule has 4 heteroatoms. The quantitative estimate of drug-likeness (QED) is 0.881. The Morgan fingerprint density at radius 2 is 2.00 bits per heavy atom. The monoisotopic (exact) mass is 306 g/mol. The van der Waals surface area contributed by atoms with Gasteiger partial charge < -0.3 is 10.1 Å². The SMILES string of the molecule is CCOc1cccc(/C=C2/N=C(c3ccccc3C)NC2=O)c1. The minimum Gasteiger partial charge on any atom is -0.494 e. The Morgan fingerprint density at radius 1 is 1.17 bits per heavy atom. The number of nitrogens with one attached hydrogen (secondary N) is 1. The summed E-state index contributed by atoms with van der Waals surface area (Å²) in [5, 5.41) is 2.83. The van der Waals surface area contributed by atoms with E-state index in [1.54, 1.807) is 6.08 Å². The average Bonchev–Trinajstić information content (AvgIpc) is 2.89. The van der Waals surface area contributed by atoms with Crippen LogP contribution in [-0.4, -0.2) is 18.3 Å². The van der Waals surface area contributed by atoms with E-state index in [1.807, 2.05) is 62.4 Å². The third-order valence-corrected chi connectivity index (χ3v) is 3.57. The smallest absolute Gasteiger partial charge is 0.275 e. The second kappa shape index (κ2) is 6.48. The minimum atomic E-state index is -0.190. The number of hydrogen-bond acceptors (Lipinski definition) is 3. The fourth-order valence-electron chi connectivity index (χ4n) is 2.45. The maximum absolute atomic E-state index is 12.2. The number of amidine groups is 1. The van der Waals surface area contributed by atoms with Crippen LogP contribution in [0.3, 0.4) is 0 Å². The maximum Gasteiger partial charge on any atom is 0.275 e. The van der Waals surface area contributed by atoms with Crippen LogP contribution in [0.1, 0.15) is 23.6 Å². The number of carbonyl (C=O) groups excluding carboxylic acids is 1. The van der Waals surface area contributed by atoms with Crippen molar-refractivity contribution in [1.29, 1.82) is 0 Å². The van der Waals surface area contributed by atoms with Gasteiger partial charge in [-0.1, -0.05) is 36.4 Å². The molecule has 0 saturated carbocycles. The number of nitrogens with zero attached hydrogens (tertiary/aromatic N) is 1. The van der Waals surface area contributed by atoms with E-state index in [9.17, 15) is 4.79 Å². The molecule has 1 amide bonds. The molecule has 0 saturated heterocycles. The van der Waals surface area contributed by atoms with Crippen LogP contribution in [0.25, 0.3) is 6.08 Å². The van der Waals surface area contributed by atoms with Crippen molar-refractivity contribution < 1.29 is 9.53 Å². The van der Waals surface area contributed by atoms with Gasteiger partial charge in [-0.3, -0.25) is 4.79 Å². The predicted molar refractivity (Wildman–Crippen MR) is 91.4 cm³/mol. The number of aliphatic imine (C=N–C) groups is 1. The van der Waals surface area contributed by atoms with Crippen molar-refractivity contribution in [2.45, 2.75) is 13.8 Å². The number of benzene rings is 2. The number of carbonyl (C=O) groups is 1. The average molecular weight is 306 g/mol. The molecule has 3 rings (SSSR count). The highest BCUT2D eigenvalue weighted by molar-refractivity contribution is 6.20. The number of ether oxygens (including phenoxy) is 1. The van der Waals surface area contributed by atoms with Crippen LogP contribution >= 0.6 is 0 Å². The molecule has 1 aliphatic rings. The molecule has 2 aromatic rings. The molecule has 1 N–H and O–H groups in total. The maximum atomic E-state index is 12.2. The van der Waals surface area contributed by atoms with Crippen LogP contribution < -0.4 is 10.1 Å². The van der Waals surface area contributed by atoms with Crippen LogP contribution in [-0.2, 0) is 4.79 Å². The highest BCUT2D eigenvalue weighted by Crippen LogP contribution is 2.19. The largest absolute Gasteiger partial charge is 0.494 e. The number of aryl methyl sites for hydroxylation is 1. The van der Waals surface area contributed by atoms with Crippen molar-refractivity contribution in [3.8, 4) is 5.75 Å². The summed E-state index contributed by atoms with van der Waals surface area (Å²) in [6.07, 6.45) is 1.77. The number of amides is 1. The number of hydrogen-bond donors (Lipinski definition) is 1. The van der Waals surface area contributed by atoms with Gasteiger partial charge in [-0.25, -0.2) is 4.99 Å². The van der Waals surface area contributed by atoms with Gasteiger partial charge >= 0.3 is 0 Å². The van der Waals surface area contributed by atoms with Crippen molar-refractivity contribution in [3.63, 3.8) is 0 Å². The summed E-state index contributed by atoms with van der Waals surface area (Å²) in [6, 6.07) is 15.5. The molecule has 1 heterocycles. The van der Waals surface area contributed by atoms with Crippen LogP contribution in [0, 0.1) is 6.92 Å². The van der Waals surface area contributed by atoms with Crippen molar-refractivity contribution in [3.05, 3.63) is 70.9 Å². The van der Waals surface area contributed by atoms with Gasteiger partial charge in [0.05, 0.1) is 6.61 Å². The Bertz CT molecular complexity index is 807. The molecular formula is C19H18N2O2. The first-order valence-corrected chi connectivity index (χ1v) is 7.58. The van der Waals surface area contributed by atoms with E-state index in [0.29, 0.717) is 18.1 Å². The van der Waals surface area contributed by atoms with Gasteiger partial charge in [-0.2, -0.15) is 0 Å². The molecule has 0 spiro atoms. The van der Waals surface area contributed by atoms with Crippen LogP contribution in [0.2, 0.25) is 0 Å². The molecule has 0 fully saturated rings. The molecule has 0 aromatic heterocycles. The van der Waals surface area contributed by atoms with Gasteiger partial charge in [0.15, 0.2) is 0 Å². The lowest BCUT2D eigenvalue weighted by molar-refractivity contribution is -0.115. The Labute approximate surface area is 135 Å². The normalized spacial score (nSPS) is 15.5. The van der Waals surface area contributed by atoms with Crippen molar-refractivity contribution >= 4 is 17.8 Å². The van der Waals surface area contributed by atoms with E-state index >= 15 is 0 Å². The van der Waals surface area contributed by atoms with Crippen LogP contribution in [0.15, 0.2) is 59.2 Å². The first-order chi connectivity index (χ1) is 11.2. The van der Waals surface area contributed by atoms with Gasteiger partial charge in [-0.15, -0.1) is 0 Å². The summed E-state index contributed by atoms with van der Waals surface area (Å²) in [5.41, 5.74) is 3.30. The Balaban J connectivity index is 1.92. The summed E-state index contributed by atoms with van der Waals surface area (Å²) < 4.78 is 5.48. The third-order valence-electron chi connectivity index (χ3n) is 3.57. The van der Waals surface area contributed by atoms with Gasteiger partial charge in [-0.05, 0) is 43.2 Å². The number of rotatable bonds is 4. The molecule has 116 valence electrons. The zero-order valence-electron chi connectivity index (χ0n) is 13.2. The highest BCUT2D eigenvalue weighted by Gasteiger charge is 2.21. The van der Waals surface area contributed by atoms with Crippen molar-refractivity contribution in [1.82, 2.24) is 5.32 Å². The van der Waals surface area contributed by atoms with Gasteiger partial charge in [0.1, 0.15) is 17.3 Å².